The lowest BCUT2D eigenvalue weighted by Gasteiger charge is -2.23. The van der Waals surface area contributed by atoms with Gasteiger partial charge in [0.15, 0.2) is 0 Å². The molecule has 1 aliphatic rings. The number of nitro benzene ring substituents is 1. The summed E-state index contributed by atoms with van der Waals surface area (Å²) in [7, 11) is 0. The number of nitro groups is 1. The number of nitrogens with one attached hydrogen (secondary N) is 1. The lowest BCUT2D eigenvalue weighted by atomic mass is 10.0. The van der Waals surface area contributed by atoms with Gasteiger partial charge in [-0.1, -0.05) is 30.3 Å². The van der Waals surface area contributed by atoms with Gasteiger partial charge in [-0.05, 0) is 18.6 Å². The van der Waals surface area contributed by atoms with E-state index in [0.29, 0.717) is 0 Å². The largest absolute Gasteiger partial charge is 0.491 e. The Morgan fingerprint density at radius 1 is 1.25 bits per heavy atom. The van der Waals surface area contributed by atoms with Gasteiger partial charge in [0, 0.05) is 12.1 Å². The quantitative estimate of drug-likeness (QED) is 0.378. The third-order valence-corrected chi connectivity index (χ3v) is 4.86. The van der Waals surface area contributed by atoms with Crippen LogP contribution < -0.4 is 10.1 Å². The number of esters is 1. The van der Waals surface area contributed by atoms with E-state index in [1.165, 1.54) is 17.0 Å². The molecule has 10 heteroatoms. The molecule has 1 aliphatic heterocycles. The second kappa shape index (κ2) is 10.4. The average molecular weight is 441 g/mol. The number of hydrogen-bond donors (Lipinski definition) is 1. The van der Waals surface area contributed by atoms with Gasteiger partial charge in [-0.25, -0.2) is 0 Å². The summed E-state index contributed by atoms with van der Waals surface area (Å²) in [4.78, 5) is 49.4. The van der Waals surface area contributed by atoms with Gasteiger partial charge in [0.25, 0.3) is 11.6 Å². The standard InChI is InChI=1S/C22H23N3O7/c1-2-31-21(27)13-18(15-6-4-3-5-7-15)23-20(26)14-24-10-11-32-19-9-8-16(25(29)30)12-17(19)22(24)28/h3-9,12,18H,2,10-11,13-14H2,1H3,(H,23,26). The number of rotatable bonds is 8. The van der Waals surface area contributed by atoms with Crippen molar-refractivity contribution in [1.82, 2.24) is 10.2 Å². The molecular weight excluding hydrogens is 418 g/mol. The lowest BCUT2D eigenvalue weighted by molar-refractivity contribution is -0.384. The van der Waals surface area contributed by atoms with Gasteiger partial charge in [0.2, 0.25) is 5.91 Å². The van der Waals surface area contributed by atoms with Crippen molar-refractivity contribution in [3.05, 3.63) is 69.8 Å². The summed E-state index contributed by atoms with van der Waals surface area (Å²) < 4.78 is 10.5. The molecule has 2 aromatic carbocycles. The number of ether oxygens (including phenoxy) is 2. The van der Waals surface area contributed by atoms with Crippen molar-refractivity contribution in [2.45, 2.75) is 19.4 Å². The van der Waals surface area contributed by atoms with Gasteiger partial charge in [0.05, 0.1) is 42.6 Å². The summed E-state index contributed by atoms with van der Waals surface area (Å²) in [5.41, 5.74) is 0.501. The second-order valence-electron chi connectivity index (χ2n) is 7.05. The van der Waals surface area contributed by atoms with E-state index in [-0.39, 0.29) is 49.7 Å². The van der Waals surface area contributed by atoms with Gasteiger partial charge in [0.1, 0.15) is 12.4 Å². The molecule has 2 aromatic rings. The number of non-ortho nitro benzene ring substituents is 1. The van der Waals surface area contributed by atoms with E-state index in [0.717, 1.165) is 11.6 Å². The average Bonchev–Trinajstić information content (AvgIpc) is 2.92. The van der Waals surface area contributed by atoms with Gasteiger partial charge in [-0.15, -0.1) is 0 Å². The third kappa shape index (κ3) is 5.60. The molecule has 1 N–H and O–H groups in total. The zero-order valence-electron chi connectivity index (χ0n) is 17.5. The molecule has 3 rings (SSSR count). The van der Waals surface area contributed by atoms with Crippen LogP contribution in [0, 0.1) is 10.1 Å². The smallest absolute Gasteiger partial charge is 0.308 e. The minimum absolute atomic E-state index is 0.0237. The van der Waals surface area contributed by atoms with Crippen molar-refractivity contribution in [2.24, 2.45) is 0 Å². The van der Waals surface area contributed by atoms with Crippen LogP contribution >= 0.6 is 0 Å². The van der Waals surface area contributed by atoms with E-state index < -0.39 is 28.7 Å². The number of hydrogen-bond acceptors (Lipinski definition) is 7. The number of carbonyl (C=O) groups is 3. The monoisotopic (exact) mass is 441 g/mol. The fourth-order valence-electron chi connectivity index (χ4n) is 3.35. The maximum atomic E-state index is 12.9. The van der Waals surface area contributed by atoms with Crippen LogP contribution in [0.1, 0.15) is 35.3 Å². The molecular formula is C22H23N3O7. The molecule has 168 valence electrons. The van der Waals surface area contributed by atoms with E-state index in [1.54, 1.807) is 31.2 Å². The Morgan fingerprint density at radius 2 is 2.00 bits per heavy atom. The van der Waals surface area contributed by atoms with Crippen LogP contribution in [0.25, 0.3) is 0 Å². The minimum atomic E-state index is -0.630. The van der Waals surface area contributed by atoms with Crippen LogP contribution in [0.15, 0.2) is 48.5 Å². The van der Waals surface area contributed by atoms with Crippen LogP contribution in [0.3, 0.4) is 0 Å². The molecule has 0 saturated carbocycles. The normalized spacial score (nSPS) is 13.9. The number of nitrogens with zero attached hydrogens (tertiary/aromatic N) is 2. The summed E-state index contributed by atoms with van der Waals surface area (Å²) in [5.74, 6) is -1.25. The van der Waals surface area contributed by atoms with E-state index in [2.05, 4.69) is 5.32 Å². The zero-order chi connectivity index (χ0) is 23.1. The van der Waals surface area contributed by atoms with Crippen LogP contribution in [0.5, 0.6) is 5.75 Å². The third-order valence-electron chi connectivity index (χ3n) is 4.86. The Bertz CT molecular complexity index is 1010. The topological polar surface area (TPSA) is 128 Å². The molecule has 1 heterocycles. The van der Waals surface area contributed by atoms with E-state index >= 15 is 0 Å². The molecule has 0 aromatic heterocycles. The summed E-state index contributed by atoms with van der Waals surface area (Å²) in [6.07, 6.45) is -0.0598. The van der Waals surface area contributed by atoms with Crippen molar-refractivity contribution in [2.75, 3.05) is 26.3 Å². The van der Waals surface area contributed by atoms with Gasteiger partial charge < -0.3 is 19.7 Å². The first-order valence-corrected chi connectivity index (χ1v) is 10.1. The van der Waals surface area contributed by atoms with E-state index in [1.807, 2.05) is 6.07 Å². The summed E-state index contributed by atoms with van der Waals surface area (Å²) in [6, 6.07) is 12.1. The number of amides is 2. The molecule has 0 saturated heterocycles. The summed E-state index contributed by atoms with van der Waals surface area (Å²) >= 11 is 0. The van der Waals surface area contributed by atoms with Crippen molar-refractivity contribution in [3.63, 3.8) is 0 Å². The van der Waals surface area contributed by atoms with Crippen molar-refractivity contribution in [3.8, 4) is 5.75 Å². The van der Waals surface area contributed by atoms with Crippen LogP contribution in [-0.2, 0) is 14.3 Å². The maximum absolute atomic E-state index is 12.9. The summed E-state index contributed by atoms with van der Waals surface area (Å²) in [6.45, 7) is 1.89. The van der Waals surface area contributed by atoms with Crippen LogP contribution in [-0.4, -0.2) is 53.9 Å². The van der Waals surface area contributed by atoms with Gasteiger partial charge in [-0.3, -0.25) is 24.5 Å². The SMILES string of the molecule is CCOC(=O)CC(NC(=O)CN1CCOc2ccc([N+](=O)[O-])cc2C1=O)c1ccccc1. The predicted molar refractivity (Wildman–Crippen MR) is 113 cm³/mol. The van der Waals surface area contributed by atoms with E-state index in [4.69, 9.17) is 9.47 Å². The minimum Gasteiger partial charge on any atom is -0.491 e. The van der Waals surface area contributed by atoms with Crippen molar-refractivity contribution < 1.29 is 28.8 Å². The first kappa shape index (κ1) is 22.7. The Morgan fingerprint density at radius 3 is 2.69 bits per heavy atom. The van der Waals surface area contributed by atoms with Crippen LogP contribution in [0.4, 0.5) is 5.69 Å². The first-order valence-electron chi connectivity index (χ1n) is 10.1. The van der Waals surface area contributed by atoms with Gasteiger partial charge in [-0.2, -0.15) is 0 Å². The highest BCUT2D eigenvalue weighted by atomic mass is 16.6. The summed E-state index contributed by atoms with van der Waals surface area (Å²) in [5, 5.41) is 13.8. The Labute approximate surface area is 184 Å². The molecule has 32 heavy (non-hydrogen) atoms. The fourth-order valence-corrected chi connectivity index (χ4v) is 3.35. The molecule has 1 atom stereocenters. The number of fused-ring (bicyclic) bond motifs is 1. The maximum Gasteiger partial charge on any atom is 0.308 e. The highest BCUT2D eigenvalue weighted by Crippen LogP contribution is 2.27. The molecule has 10 nitrogen and oxygen atoms in total. The molecule has 1 unspecified atom stereocenters. The fraction of sp³-hybridized carbons (Fsp3) is 0.318. The second-order valence-corrected chi connectivity index (χ2v) is 7.05. The van der Waals surface area contributed by atoms with Gasteiger partial charge >= 0.3 is 5.97 Å². The first-order chi connectivity index (χ1) is 15.4. The van der Waals surface area contributed by atoms with Crippen molar-refractivity contribution >= 4 is 23.5 Å². The van der Waals surface area contributed by atoms with Crippen LogP contribution in [0.2, 0.25) is 0 Å². The molecule has 2 amide bonds. The Kier molecular flexibility index (Phi) is 7.37. The highest BCUT2D eigenvalue weighted by Gasteiger charge is 2.28. The zero-order valence-corrected chi connectivity index (χ0v) is 17.5. The molecule has 0 radical (unpaired) electrons. The lowest BCUT2D eigenvalue weighted by Crippen LogP contribution is -2.43. The highest BCUT2D eigenvalue weighted by molar-refractivity contribution is 5.99. The molecule has 0 bridgehead atoms. The Hall–Kier alpha value is -3.95. The molecule has 0 fully saturated rings. The Balaban J connectivity index is 1.74. The predicted octanol–water partition coefficient (Wildman–Crippen LogP) is 2.24. The molecule has 0 spiro atoms. The van der Waals surface area contributed by atoms with Crippen molar-refractivity contribution in [1.29, 1.82) is 0 Å². The number of carbonyl (C=O) groups excluding carboxylic acids is 3. The van der Waals surface area contributed by atoms with E-state index in [9.17, 15) is 24.5 Å². The number of benzene rings is 2. The molecule has 0 aliphatic carbocycles.